The van der Waals surface area contributed by atoms with Gasteiger partial charge in [-0.05, 0) is 59.6 Å². The zero-order chi connectivity index (χ0) is 20.9. The van der Waals surface area contributed by atoms with Gasteiger partial charge in [0.1, 0.15) is 0 Å². The van der Waals surface area contributed by atoms with Crippen LogP contribution in [0, 0.1) is 5.92 Å². The molecule has 1 aliphatic rings. The number of alkyl halides is 3. The second-order valence-electron chi connectivity index (χ2n) is 7.57. The molecule has 0 radical (unpaired) electrons. The topological polar surface area (TPSA) is 15.3 Å². The van der Waals surface area contributed by atoms with Crippen LogP contribution in [0.3, 0.4) is 0 Å². The highest BCUT2D eigenvalue weighted by molar-refractivity contribution is 7.78. The van der Waals surface area contributed by atoms with Gasteiger partial charge in [-0.25, -0.2) is 0 Å². The number of benzene rings is 2. The molecule has 0 spiro atoms. The van der Waals surface area contributed by atoms with E-state index in [4.69, 9.17) is 0 Å². The van der Waals surface area contributed by atoms with E-state index in [9.17, 15) is 13.2 Å². The van der Waals surface area contributed by atoms with Crippen LogP contribution in [0.25, 0.3) is 0 Å². The molecule has 0 amide bonds. The first kappa shape index (κ1) is 21.8. The normalized spacial score (nSPS) is 15.9. The highest BCUT2D eigenvalue weighted by Gasteiger charge is 2.28. The number of allylic oxidation sites excluding steroid dienone is 1. The van der Waals surface area contributed by atoms with Crippen LogP contribution >= 0.6 is 12.8 Å². The number of anilines is 1. The van der Waals surface area contributed by atoms with Gasteiger partial charge >= 0.3 is 6.18 Å². The van der Waals surface area contributed by atoms with Crippen molar-refractivity contribution in [2.45, 2.75) is 31.9 Å². The minimum atomic E-state index is -4.21. The molecule has 0 saturated carbocycles. The van der Waals surface area contributed by atoms with E-state index in [-0.39, 0.29) is 5.56 Å². The number of rotatable bonds is 9. The maximum Gasteiger partial charge on any atom is 0.393 e. The van der Waals surface area contributed by atoms with Gasteiger partial charge in [-0.1, -0.05) is 49.2 Å². The highest BCUT2D eigenvalue weighted by Crippen LogP contribution is 2.31. The Labute approximate surface area is 176 Å². The molecule has 2 aromatic rings. The number of hydrogen-bond donors (Lipinski definition) is 2. The molecule has 0 aromatic heterocycles. The Bertz CT molecular complexity index is 835. The van der Waals surface area contributed by atoms with E-state index in [1.165, 1.54) is 22.8 Å². The summed E-state index contributed by atoms with van der Waals surface area (Å²) in [6.45, 7) is 5.98. The predicted molar refractivity (Wildman–Crippen MR) is 117 cm³/mol. The van der Waals surface area contributed by atoms with Gasteiger partial charge in [0.15, 0.2) is 0 Å². The molecule has 1 atom stereocenters. The maximum absolute atomic E-state index is 12.8. The third-order valence-corrected chi connectivity index (χ3v) is 5.70. The van der Waals surface area contributed by atoms with Crippen molar-refractivity contribution < 1.29 is 13.2 Å². The van der Waals surface area contributed by atoms with Crippen molar-refractivity contribution >= 4 is 18.5 Å². The summed E-state index contributed by atoms with van der Waals surface area (Å²) < 4.78 is 41.2. The molecule has 1 N–H and O–H groups in total. The summed E-state index contributed by atoms with van der Waals surface area (Å²) >= 11 is 4.06. The standard InChI is InChI=1S/C23H27F3N2S/c1-2-17-13-20-7-4-6-19(22(20)15-17)9-11-28(12-10-27-29)21-8-3-5-18(14-21)16-23(24,25)26/h2-8,14,17,27,29H,1,9-13,15-16H2. The maximum atomic E-state index is 12.8. The summed E-state index contributed by atoms with van der Waals surface area (Å²) in [4.78, 5) is 2.13. The molecule has 2 nitrogen and oxygen atoms in total. The third kappa shape index (κ3) is 6.03. The van der Waals surface area contributed by atoms with Crippen LogP contribution in [-0.4, -0.2) is 25.8 Å². The molecular formula is C23H27F3N2S. The molecule has 156 valence electrons. The van der Waals surface area contributed by atoms with Gasteiger partial charge in [0, 0.05) is 25.3 Å². The van der Waals surface area contributed by atoms with Gasteiger partial charge < -0.3 is 4.90 Å². The Kier molecular flexibility index (Phi) is 7.30. The molecule has 1 aliphatic carbocycles. The van der Waals surface area contributed by atoms with Crippen molar-refractivity contribution in [2.75, 3.05) is 24.5 Å². The van der Waals surface area contributed by atoms with Crippen molar-refractivity contribution in [1.82, 2.24) is 4.72 Å². The number of halogens is 3. The molecule has 6 heteroatoms. The fourth-order valence-electron chi connectivity index (χ4n) is 4.06. The summed E-state index contributed by atoms with van der Waals surface area (Å²) in [5.74, 6) is 0.495. The second-order valence-corrected chi connectivity index (χ2v) is 7.88. The first-order chi connectivity index (χ1) is 13.9. The molecule has 0 aliphatic heterocycles. The molecule has 2 aromatic carbocycles. The number of nitrogens with one attached hydrogen (secondary N) is 1. The second kappa shape index (κ2) is 9.72. The average Bonchev–Trinajstić information content (AvgIpc) is 3.11. The van der Waals surface area contributed by atoms with Gasteiger partial charge in [-0.2, -0.15) is 13.2 Å². The van der Waals surface area contributed by atoms with Crippen LogP contribution in [0.5, 0.6) is 0 Å². The average molecular weight is 421 g/mol. The van der Waals surface area contributed by atoms with E-state index in [0.717, 1.165) is 31.5 Å². The largest absolute Gasteiger partial charge is 0.393 e. The molecule has 0 fully saturated rings. The monoisotopic (exact) mass is 420 g/mol. The van der Waals surface area contributed by atoms with Crippen LogP contribution in [0.15, 0.2) is 55.1 Å². The summed E-state index contributed by atoms with van der Waals surface area (Å²) in [6.07, 6.45) is -0.172. The lowest BCUT2D eigenvalue weighted by Crippen LogP contribution is -2.31. The minimum absolute atomic E-state index is 0.285. The van der Waals surface area contributed by atoms with Gasteiger partial charge in [0.25, 0.3) is 0 Å². The molecule has 3 rings (SSSR count). The summed E-state index contributed by atoms with van der Waals surface area (Å²) in [5, 5.41) is 0. The van der Waals surface area contributed by atoms with Crippen molar-refractivity contribution in [3.05, 3.63) is 77.4 Å². The summed E-state index contributed by atoms with van der Waals surface area (Å²) in [5.41, 5.74) is 5.22. The van der Waals surface area contributed by atoms with E-state index in [1.54, 1.807) is 12.1 Å². The van der Waals surface area contributed by atoms with E-state index < -0.39 is 12.6 Å². The lowest BCUT2D eigenvalue weighted by molar-refractivity contribution is -0.127. The van der Waals surface area contributed by atoms with Gasteiger partial charge in [0.2, 0.25) is 0 Å². The molecular weight excluding hydrogens is 393 g/mol. The zero-order valence-corrected chi connectivity index (χ0v) is 17.3. The molecule has 1 unspecified atom stereocenters. The molecule has 0 saturated heterocycles. The van der Waals surface area contributed by atoms with Crippen molar-refractivity contribution in [1.29, 1.82) is 0 Å². The van der Waals surface area contributed by atoms with E-state index >= 15 is 0 Å². The van der Waals surface area contributed by atoms with Crippen LogP contribution in [0.1, 0.15) is 22.3 Å². The van der Waals surface area contributed by atoms with Crippen LogP contribution in [0.2, 0.25) is 0 Å². The van der Waals surface area contributed by atoms with Crippen LogP contribution in [0.4, 0.5) is 18.9 Å². The quantitative estimate of drug-likeness (QED) is 0.430. The fraction of sp³-hybridized carbons (Fsp3) is 0.391. The molecule has 0 bridgehead atoms. The Hall–Kier alpha value is -1.92. The van der Waals surface area contributed by atoms with Crippen molar-refractivity contribution in [2.24, 2.45) is 5.92 Å². The predicted octanol–water partition coefficient (Wildman–Crippen LogP) is 5.18. The van der Waals surface area contributed by atoms with Crippen LogP contribution in [-0.2, 0) is 25.7 Å². The third-order valence-electron chi connectivity index (χ3n) is 5.48. The minimum Gasteiger partial charge on any atom is -0.370 e. The smallest absolute Gasteiger partial charge is 0.370 e. The highest BCUT2D eigenvalue weighted by atomic mass is 32.1. The van der Waals surface area contributed by atoms with Gasteiger partial charge in [-0.3, -0.25) is 4.72 Å². The zero-order valence-electron chi connectivity index (χ0n) is 16.4. The van der Waals surface area contributed by atoms with Crippen molar-refractivity contribution in [3.8, 4) is 0 Å². The first-order valence-electron chi connectivity index (χ1n) is 9.89. The van der Waals surface area contributed by atoms with Gasteiger partial charge in [-0.15, -0.1) is 6.58 Å². The lowest BCUT2D eigenvalue weighted by Gasteiger charge is -2.26. The Morgan fingerprint density at radius 2 is 1.93 bits per heavy atom. The summed E-state index contributed by atoms with van der Waals surface area (Å²) in [6, 6.07) is 13.2. The SMILES string of the molecule is C=CC1Cc2cccc(CCN(CCNS)c3cccc(CC(F)(F)F)c3)c2C1. The first-order valence-corrected chi connectivity index (χ1v) is 10.3. The fourth-order valence-corrected chi connectivity index (χ4v) is 4.16. The lowest BCUT2D eigenvalue weighted by atomic mass is 10.00. The van der Waals surface area contributed by atoms with E-state index in [2.05, 4.69) is 47.2 Å². The number of hydrogen-bond acceptors (Lipinski definition) is 3. The van der Waals surface area contributed by atoms with Crippen LogP contribution < -0.4 is 9.62 Å². The number of fused-ring (bicyclic) bond motifs is 1. The molecule has 29 heavy (non-hydrogen) atoms. The molecule has 0 heterocycles. The summed E-state index contributed by atoms with van der Waals surface area (Å²) in [7, 11) is 0. The van der Waals surface area contributed by atoms with Crippen molar-refractivity contribution in [3.63, 3.8) is 0 Å². The van der Waals surface area contributed by atoms with Gasteiger partial charge in [0.05, 0.1) is 6.42 Å². The van der Waals surface area contributed by atoms with E-state index in [0.29, 0.717) is 19.0 Å². The Balaban J connectivity index is 1.75. The number of nitrogens with zero attached hydrogens (tertiary/aromatic N) is 1. The van der Waals surface area contributed by atoms with E-state index in [1.807, 2.05) is 12.1 Å². The Morgan fingerprint density at radius 3 is 2.66 bits per heavy atom. The number of thiol groups is 1. The Morgan fingerprint density at radius 1 is 1.14 bits per heavy atom.